The van der Waals surface area contributed by atoms with E-state index >= 15 is 0 Å². The number of rotatable bonds is 7. The highest BCUT2D eigenvalue weighted by atomic mass is 16.5. The van der Waals surface area contributed by atoms with Crippen molar-refractivity contribution in [2.24, 2.45) is 0 Å². The first-order chi connectivity index (χ1) is 13.7. The van der Waals surface area contributed by atoms with Crippen LogP contribution in [0.25, 0.3) is 11.1 Å². The van der Waals surface area contributed by atoms with E-state index in [-0.39, 0.29) is 5.76 Å². The molecule has 2 heterocycles. The number of hydrogen-bond donors (Lipinski definition) is 0. The number of benzene rings is 2. The third kappa shape index (κ3) is 4.07. The molecular weight excluding hydrogens is 354 g/mol. The number of para-hydroxylation sites is 2. The first-order valence-corrected chi connectivity index (χ1v) is 9.94. The third-order valence-electron chi connectivity index (χ3n) is 5.47. The van der Waals surface area contributed by atoms with Crippen LogP contribution in [-0.2, 0) is 6.54 Å². The number of anilines is 1. The molecule has 1 fully saturated rings. The summed E-state index contributed by atoms with van der Waals surface area (Å²) in [5.41, 5.74) is 2.78. The van der Waals surface area contributed by atoms with Gasteiger partial charge in [0.1, 0.15) is 5.75 Å². The van der Waals surface area contributed by atoms with Gasteiger partial charge in [-0.15, -0.1) is 0 Å². The maximum absolute atomic E-state index is 12.0. The van der Waals surface area contributed by atoms with E-state index in [4.69, 9.17) is 9.15 Å². The molecule has 2 aromatic carbocycles. The predicted octanol–water partition coefficient (Wildman–Crippen LogP) is 3.21. The maximum Gasteiger partial charge on any atom is 0.419 e. The summed E-state index contributed by atoms with van der Waals surface area (Å²) in [6.07, 6.45) is 2.05. The van der Waals surface area contributed by atoms with Gasteiger partial charge in [0.15, 0.2) is 5.58 Å². The van der Waals surface area contributed by atoms with Crippen molar-refractivity contribution in [2.75, 3.05) is 44.7 Å². The van der Waals surface area contributed by atoms with Crippen LogP contribution >= 0.6 is 0 Å². The van der Waals surface area contributed by atoms with Gasteiger partial charge in [-0.05, 0) is 43.7 Å². The van der Waals surface area contributed by atoms with Crippen molar-refractivity contribution in [3.8, 4) is 5.75 Å². The summed E-state index contributed by atoms with van der Waals surface area (Å²) in [7, 11) is 1.71. The lowest BCUT2D eigenvalue weighted by Gasteiger charge is -2.36. The van der Waals surface area contributed by atoms with Crippen molar-refractivity contribution in [1.82, 2.24) is 9.47 Å². The Morgan fingerprint density at radius 2 is 1.75 bits per heavy atom. The Balaban J connectivity index is 1.23. The van der Waals surface area contributed by atoms with E-state index in [9.17, 15) is 4.79 Å². The van der Waals surface area contributed by atoms with E-state index in [0.717, 1.165) is 56.8 Å². The van der Waals surface area contributed by atoms with E-state index in [1.54, 1.807) is 11.7 Å². The number of oxazole rings is 1. The summed E-state index contributed by atoms with van der Waals surface area (Å²) in [4.78, 5) is 16.9. The van der Waals surface area contributed by atoms with Gasteiger partial charge in [0.05, 0.1) is 12.6 Å². The minimum Gasteiger partial charge on any atom is -0.497 e. The number of ether oxygens (including phenoxy) is 1. The SMILES string of the molecule is COc1cccc(N2CCN(CCCCn3c(=O)oc4ccccc43)CC2)c1. The molecule has 6 nitrogen and oxygen atoms in total. The number of aryl methyl sites for hydroxylation is 1. The zero-order valence-corrected chi connectivity index (χ0v) is 16.3. The molecule has 28 heavy (non-hydrogen) atoms. The van der Waals surface area contributed by atoms with Gasteiger partial charge >= 0.3 is 5.76 Å². The summed E-state index contributed by atoms with van der Waals surface area (Å²) >= 11 is 0. The number of fused-ring (bicyclic) bond motifs is 1. The van der Waals surface area contributed by atoms with Gasteiger partial charge in [-0.25, -0.2) is 4.79 Å². The molecule has 0 bridgehead atoms. The molecule has 0 amide bonds. The van der Waals surface area contributed by atoms with E-state index in [1.807, 2.05) is 36.4 Å². The molecule has 0 unspecified atom stereocenters. The van der Waals surface area contributed by atoms with E-state index < -0.39 is 0 Å². The Kier molecular flexibility index (Phi) is 5.67. The molecule has 0 N–H and O–H groups in total. The Hall–Kier alpha value is -2.73. The van der Waals surface area contributed by atoms with Crippen molar-refractivity contribution < 1.29 is 9.15 Å². The first kappa shape index (κ1) is 18.6. The Labute approximate surface area is 164 Å². The van der Waals surface area contributed by atoms with Crippen molar-refractivity contribution >= 4 is 16.8 Å². The second kappa shape index (κ2) is 8.52. The van der Waals surface area contributed by atoms with Crippen molar-refractivity contribution in [3.63, 3.8) is 0 Å². The minimum absolute atomic E-state index is 0.256. The van der Waals surface area contributed by atoms with Crippen LogP contribution in [0.4, 0.5) is 5.69 Å². The standard InChI is InChI=1S/C22H27N3O3/c1-27-19-8-6-7-18(17-19)24-15-13-23(14-16-24)11-4-5-12-25-20-9-2-3-10-21(20)28-22(25)26/h2-3,6-10,17H,4-5,11-16H2,1H3. The number of hydrogen-bond acceptors (Lipinski definition) is 5. The topological polar surface area (TPSA) is 50.9 Å². The molecule has 4 rings (SSSR count). The van der Waals surface area contributed by atoms with Gasteiger partial charge in [0.2, 0.25) is 0 Å². The van der Waals surface area contributed by atoms with Crippen LogP contribution in [0.3, 0.4) is 0 Å². The number of unbranched alkanes of at least 4 members (excludes halogenated alkanes) is 1. The molecule has 1 aliphatic heterocycles. The number of methoxy groups -OCH3 is 1. The van der Waals surface area contributed by atoms with E-state index in [0.29, 0.717) is 12.1 Å². The highest BCUT2D eigenvalue weighted by Crippen LogP contribution is 2.22. The van der Waals surface area contributed by atoms with Crippen molar-refractivity contribution in [3.05, 3.63) is 59.1 Å². The smallest absolute Gasteiger partial charge is 0.419 e. The van der Waals surface area contributed by atoms with Crippen LogP contribution in [0, 0.1) is 0 Å². The van der Waals surface area contributed by atoms with Crippen molar-refractivity contribution in [2.45, 2.75) is 19.4 Å². The molecule has 6 heteroatoms. The minimum atomic E-state index is -0.256. The van der Waals surface area contributed by atoms with Crippen LogP contribution in [-0.4, -0.2) is 49.3 Å². The summed E-state index contributed by atoms with van der Waals surface area (Å²) < 4.78 is 12.4. The zero-order chi connectivity index (χ0) is 19.3. The largest absolute Gasteiger partial charge is 0.497 e. The van der Waals surface area contributed by atoms with E-state index in [2.05, 4.69) is 21.9 Å². The van der Waals surface area contributed by atoms with Crippen LogP contribution in [0.5, 0.6) is 5.75 Å². The maximum atomic E-state index is 12.0. The van der Waals surface area contributed by atoms with Crippen LogP contribution < -0.4 is 15.4 Å². The number of aromatic nitrogens is 1. The van der Waals surface area contributed by atoms with Crippen LogP contribution in [0.15, 0.2) is 57.7 Å². The summed E-state index contributed by atoms with van der Waals surface area (Å²) in [6.45, 7) is 5.95. The fourth-order valence-corrected chi connectivity index (χ4v) is 3.87. The second-order valence-electron chi connectivity index (χ2n) is 7.22. The van der Waals surface area contributed by atoms with Crippen LogP contribution in [0.1, 0.15) is 12.8 Å². The molecule has 1 aromatic heterocycles. The molecule has 0 atom stereocenters. The molecule has 1 saturated heterocycles. The molecule has 148 valence electrons. The summed E-state index contributed by atoms with van der Waals surface area (Å²) in [5, 5.41) is 0. The summed E-state index contributed by atoms with van der Waals surface area (Å²) in [6, 6.07) is 15.9. The average Bonchev–Trinajstić information content (AvgIpc) is 3.07. The quantitative estimate of drug-likeness (QED) is 0.588. The highest BCUT2D eigenvalue weighted by molar-refractivity contribution is 5.72. The number of nitrogens with zero attached hydrogens (tertiary/aromatic N) is 3. The zero-order valence-electron chi connectivity index (χ0n) is 16.3. The lowest BCUT2D eigenvalue weighted by atomic mass is 10.2. The molecule has 0 aliphatic carbocycles. The molecule has 0 spiro atoms. The Morgan fingerprint density at radius 3 is 2.57 bits per heavy atom. The fourth-order valence-electron chi connectivity index (χ4n) is 3.87. The van der Waals surface area contributed by atoms with Gasteiger partial charge in [0, 0.05) is 44.5 Å². The molecule has 0 saturated carbocycles. The van der Waals surface area contributed by atoms with Gasteiger partial charge in [-0.1, -0.05) is 18.2 Å². The van der Waals surface area contributed by atoms with Gasteiger partial charge in [-0.3, -0.25) is 9.47 Å². The van der Waals surface area contributed by atoms with E-state index in [1.165, 1.54) is 5.69 Å². The monoisotopic (exact) mass is 381 g/mol. The molecule has 1 aliphatic rings. The van der Waals surface area contributed by atoms with Gasteiger partial charge < -0.3 is 14.1 Å². The highest BCUT2D eigenvalue weighted by Gasteiger charge is 2.17. The second-order valence-corrected chi connectivity index (χ2v) is 7.22. The Morgan fingerprint density at radius 1 is 0.964 bits per heavy atom. The molecular formula is C22H27N3O3. The van der Waals surface area contributed by atoms with Gasteiger partial charge in [0.25, 0.3) is 0 Å². The lowest BCUT2D eigenvalue weighted by Crippen LogP contribution is -2.46. The normalized spacial score (nSPS) is 15.2. The lowest BCUT2D eigenvalue weighted by molar-refractivity contribution is 0.251. The average molecular weight is 381 g/mol. The van der Waals surface area contributed by atoms with Gasteiger partial charge in [-0.2, -0.15) is 0 Å². The third-order valence-corrected chi connectivity index (χ3v) is 5.47. The molecule has 0 radical (unpaired) electrons. The number of piperazine rings is 1. The fraction of sp³-hybridized carbons (Fsp3) is 0.409. The molecule has 3 aromatic rings. The summed E-state index contributed by atoms with van der Waals surface area (Å²) in [5.74, 6) is 0.648. The Bertz CT molecular complexity index is 970. The van der Waals surface area contributed by atoms with Crippen molar-refractivity contribution in [1.29, 1.82) is 0 Å². The first-order valence-electron chi connectivity index (χ1n) is 9.94. The predicted molar refractivity (Wildman–Crippen MR) is 111 cm³/mol. The van der Waals surface area contributed by atoms with Crippen LogP contribution in [0.2, 0.25) is 0 Å².